The molecule has 1 aromatic carbocycles. The minimum absolute atomic E-state index is 0.0245. The van der Waals surface area contributed by atoms with Crippen LogP contribution in [0.1, 0.15) is 5.56 Å². The number of rotatable bonds is 2. The number of carboxylic acid groups (broad SMARTS) is 1. The molecule has 1 aliphatic heterocycles. The average molecular weight is 237 g/mol. The third kappa shape index (κ3) is 1.63. The van der Waals surface area contributed by atoms with Crippen LogP contribution in [-0.2, 0) is 11.2 Å². The maximum atomic E-state index is 11.1. The first kappa shape index (κ1) is 11.7. The molecule has 92 valence electrons. The zero-order valence-corrected chi connectivity index (χ0v) is 10.1. The second kappa shape index (κ2) is 3.63. The number of likely N-dealkylation sites (N-methyl/N-ethyl adjacent to an activating group) is 1. The standard InChI is InChI=1S/C12H15NO4/c1-13(2)8-6-10(14)11(17-3)5-7(8)4-9(13)12(15)16/h5-6,9H,4H2,1-3H3,(H-,14,15,16). The van der Waals surface area contributed by atoms with E-state index in [1.54, 1.807) is 26.2 Å². The number of benzene rings is 1. The van der Waals surface area contributed by atoms with E-state index in [-0.39, 0.29) is 10.2 Å². The maximum absolute atomic E-state index is 11.1. The molecule has 1 N–H and O–H groups in total. The normalized spacial score (nSPS) is 21.0. The summed E-state index contributed by atoms with van der Waals surface area (Å²) in [4.78, 5) is 11.1. The number of carboxylic acids is 1. The molecule has 5 nitrogen and oxygen atoms in total. The zero-order chi connectivity index (χ0) is 12.8. The largest absolute Gasteiger partial charge is 0.544 e. The number of fused-ring (bicyclic) bond motifs is 1. The molecule has 1 unspecified atom stereocenters. The van der Waals surface area contributed by atoms with E-state index in [4.69, 9.17) is 4.74 Å². The average Bonchev–Trinajstić information content (AvgIpc) is 2.50. The molecular weight excluding hydrogens is 222 g/mol. The van der Waals surface area contributed by atoms with Crippen LogP contribution in [0.2, 0.25) is 0 Å². The van der Waals surface area contributed by atoms with Crippen molar-refractivity contribution in [3.05, 3.63) is 17.7 Å². The highest BCUT2D eigenvalue weighted by Crippen LogP contribution is 2.42. The van der Waals surface area contributed by atoms with Crippen molar-refractivity contribution in [2.75, 3.05) is 21.2 Å². The van der Waals surface area contributed by atoms with Gasteiger partial charge in [0.25, 0.3) is 0 Å². The highest BCUT2D eigenvalue weighted by molar-refractivity contribution is 5.79. The SMILES string of the molecule is COc1cc2c(cc1O)[N+](C)(C)C(C(=O)[O-])C2. The molecule has 2 rings (SSSR count). The fourth-order valence-corrected chi connectivity index (χ4v) is 2.41. The monoisotopic (exact) mass is 237 g/mol. The van der Waals surface area contributed by atoms with Crippen molar-refractivity contribution in [1.29, 1.82) is 0 Å². The Bertz CT molecular complexity index is 482. The highest BCUT2D eigenvalue weighted by Gasteiger charge is 2.41. The van der Waals surface area contributed by atoms with Gasteiger partial charge >= 0.3 is 0 Å². The van der Waals surface area contributed by atoms with E-state index in [0.29, 0.717) is 12.2 Å². The van der Waals surface area contributed by atoms with Crippen LogP contribution < -0.4 is 14.3 Å². The fraction of sp³-hybridized carbons (Fsp3) is 0.417. The van der Waals surface area contributed by atoms with E-state index in [1.807, 2.05) is 0 Å². The minimum Gasteiger partial charge on any atom is -0.544 e. The van der Waals surface area contributed by atoms with Gasteiger partial charge < -0.3 is 19.7 Å². The summed E-state index contributed by atoms with van der Waals surface area (Å²) in [6.45, 7) is 0. The van der Waals surface area contributed by atoms with Crippen molar-refractivity contribution in [3.8, 4) is 11.5 Å². The summed E-state index contributed by atoms with van der Waals surface area (Å²) in [7, 11) is 5.04. The van der Waals surface area contributed by atoms with Gasteiger partial charge in [-0.1, -0.05) is 0 Å². The summed E-state index contributed by atoms with van der Waals surface area (Å²) in [6.07, 6.45) is 0.390. The molecular formula is C12H15NO4. The number of carbonyl (C=O) groups is 1. The van der Waals surface area contributed by atoms with Gasteiger partial charge in [-0.25, -0.2) is 0 Å². The maximum Gasteiger partial charge on any atom is 0.163 e. The minimum atomic E-state index is -1.08. The lowest BCUT2D eigenvalue weighted by Gasteiger charge is -2.32. The Balaban J connectivity index is 2.54. The number of phenols is 1. The summed E-state index contributed by atoms with van der Waals surface area (Å²) in [5, 5.41) is 20.8. The van der Waals surface area contributed by atoms with Crippen LogP contribution in [0.4, 0.5) is 5.69 Å². The number of methoxy groups -OCH3 is 1. The number of ether oxygens (including phenoxy) is 1. The molecule has 0 radical (unpaired) electrons. The molecule has 0 aliphatic carbocycles. The van der Waals surface area contributed by atoms with E-state index in [2.05, 4.69) is 0 Å². The second-order valence-electron chi connectivity index (χ2n) is 4.73. The van der Waals surface area contributed by atoms with Gasteiger partial charge in [-0.05, 0) is 6.07 Å². The Morgan fingerprint density at radius 2 is 2.18 bits per heavy atom. The Labute approximate surface area is 99.4 Å². The number of hydrogen-bond acceptors (Lipinski definition) is 4. The van der Waals surface area contributed by atoms with Crippen molar-refractivity contribution in [1.82, 2.24) is 4.48 Å². The van der Waals surface area contributed by atoms with Gasteiger partial charge in [0.15, 0.2) is 11.5 Å². The van der Waals surface area contributed by atoms with Gasteiger partial charge in [0, 0.05) is 18.1 Å². The highest BCUT2D eigenvalue weighted by atomic mass is 16.5. The molecule has 0 fully saturated rings. The first-order chi connectivity index (χ1) is 7.87. The lowest BCUT2D eigenvalue weighted by Crippen LogP contribution is -2.56. The third-order valence-electron chi connectivity index (χ3n) is 3.47. The Morgan fingerprint density at radius 3 is 2.71 bits per heavy atom. The van der Waals surface area contributed by atoms with E-state index >= 15 is 0 Å². The Hall–Kier alpha value is -1.75. The smallest absolute Gasteiger partial charge is 0.163 e. The summed E-state index contributed by atoms with van der Waals surface area (Å²) < 4.78 is 5.19. The van der Waals surface area contributed by atoms with Gasteiger partial charge in [0.1, 0.15) is 17.7 Å². The summed E-state index contributed by atoms with van der Waals surface area (Å²) in [5.41, 5.74) is 1.66. The van der Waals surface area contributed by atoms with Crippen LogP contribution in [-0.4, -0.2) is 38.3 Å². The number of aliphatic carboxylic acids is 1. The first-order valence-electron chi connectivity index (χ1n) is 5.33. The van der Waals surface area contributed by atoms with Gasteiger partial charge in [-0.3, -0.25) is 4.48 Å². The fourth-order valence-electron chi connectivity index (χ4n) is 2.41. The molecule has 1 atom stereocenters. The van der Waals surface area contributed by atoms with E-state index in [9.17, 15) is 15.0 Å². The summed E-state index contributed by atoms with van der Waals surface area (Å²) in [5.74, 6) is -0.691. The van der Waals surface area contributed by atoms with Crippen LogP contribution in [0, 0.1) is 0 Å². The molecule has 1 heterocycles. The van der Waals surface area contributed by atoms with Gasteiger partial charge in [-0.2, -0.15) is 0 Å². The van der Waals surface area contributed by atoms with Crippen molar-refractivity contribution in [2.45, 2.75) is 12.5 Å². The van der Waals surface area contributed by atoms with Crippen molar-refractivity contribution in [3.63, 3.8) is 0 Å². The van der Waals surface area contributed by atoms with Gasteiger partial charge in [0.2, 0.25) is 0 Å². The number of aromatic hydroxyl groups is 1. The van der Waals surface area contributed by atoms with Crippen molar-refractivity contribution < 1.29 is 19.7 Å². The van der Waals surface area contributed by atoms with E-state index in [1.165, 1.54) is 7.11 Å². The molecule has 0 aromatic heterocycles. The molecule has 0 saturated heterocycles. The summed E-state index contributed by atoms with van der Waals surface area (Å²) in [6, 6.07) is 2.63. The predicted octanol–water partition coefficient (Wildman–Crippen LogP) is -0.358. The molecule has 1 aromatic rings. The number of quaternary nitrogens is 1. The molecule has 0 bridgehead atoms. The number of carbonyl (C=O) groups excluding carboxylic acids is 1. The molecule has 17 heavy (non-hydrogen) atoms. The second-order valence-corrected chi connectivity index (χ2v) is 4.73. The topological polar surface area (TPSA) is 69.6 Å². The van der Waals surface area contributed by atoms with E-state index in [0.717, 1.165) is 11.3 Å². The van der Waals surface area contributed by atoms with Crippen LogP contribution in [0.5, 0.6) is 11.5 Å². The van der Waals surface area contributed by atoms with Gasteiger partial charge in [-0.15, -0.1) is 0 Å². The van der Waals surface area contributed by atoms with E-state index < -0.39 is 12.0 Å². The predicted molar refractivity (Wildman–Crippen MR) is 60.8 cm³/mol. The Morgan fingerprint density at radius 1 is 1.53 bits per heavy atom. The van der Waals surface area contributed by atoms with Crippen LogP contribution in [0.3, 0.4) is 0 Å². The molecule has 0 saturated carbocycles. The first-order valence-corrected chi connectivity index (χ1v) is 5.33. The molecule has 0 spiro atoms. The van der Waals surface area contributed by atoms with Crippen molar-refractivity contribution >= 4 is 11.7 Å². The Kier molecular flexibility index (Phi) is 2.50. The lowest BCUT2D eigenvalue weighted by atomic mass is 10.1. The van der Waals surface area contributed by atoms with Gasteiger partial charge in [0.05, 0.1) is 21.2 Å². The molecule has 1 aliphatic rings. The molecule has 0 amide bonds. The third-order valence-corrected chi connectivity index (χ3v) is 3.47. The quantitative estimate of drug-likeness (QED) is 0.713. The lowest BCUT2D eigenvalue weighted by molar-refractivity contribution is -0.310. The van der Waals surface area contributed by atoms with Crippen molar-refractivity contribution in [2.24, 2.45) is 0 Å². The summed E-state index contributed by atoms with van der Waals surface area (Å²) >= 11 is 0. The molecule has 5 heteroatoms. The van der Waals surface area contributed by atoms with Crippen LogP contribution in [0.25, 0.3) is 0 Å². The van der Waals surface area contributed by atoms with Crippen LogP contribution >= 0.6 is 0 Å². The zero-order valence-electron chi connectivity index (χ0n) is 10.1. The van der Waals surface area contributed by atoms with Crippen LogP contribution in [0.15, 0.2) is 12.1 Å². The number of hydrogen-bond donors (Lipinski definition) is 1. The number of nitrogens with zero attached hydrogens (tertiary/aromatic N) is 1. The number of phenolic OH excluding ortho intramolecular Hbond substituents is 1.